The second-order valence-electron chi connectivity index (χ2n) is 1.45. The summed E-state index contributed by atoms with van der Waals surface area (Å²) in [5, 5.41) is 0. The number of H-pyrrole nitrogens is 1. The van der Waals surface area contributed by atoms with Crippen molar-refractivity contribution in [3.05, 3.63) is 22.5 Å². The van der Waals surface area contributed by atoms with Crippen LogP contribution in [-0.4, -0.2) is 9.97 Å². The molecule has 0 aliphatic rings. The van der Waals surface area contributed by atoms with Crippen molar-refractivity contribution >= 4 is 5.82 Å². The molecule has 0 radical (unpaired) electrons. The Morgan fingerprint density at radius 2 is 2.30 bits per heavy atom. The van der Waals surface area contributed by atoms with Gasteiger partial charge in [-0.3, -0.25) is 4.98 Å². The van der Waals surface area contributed by atoms with Crippen molar-refractivity contribution in [3.8, 4) is 0 Å². The molecule has 10 heavy (non-hydrogen) atoms. The monoisotopic (exact) mass is 331 g/mol. The third-order valence-electron chi connectivity index (χ3n) is 0.794. The van der Waals surface area contributed by atoms with E-state index in [0.29, 0.717) is 0 Å². The first-order valence-electron chi connectivity index (χ1n) is 2.20. The van der Waals surface area contributed by atoms with Crippen LogP contribution in [0.2, 0.25) is 0 Å². The predicted molar refractivity (Wildman–Crippen MR) is 29.2 cm³/mol. The van der Waals surface area contributed by atoms with Crippen molar-refractivity contribution in [1.82, 2.24) is 9.97 Å². The van der Waals surface area contributed by atoms with Gasteiger partial charge in [0.2, 0.25) is 0 Å². The Morgan fingerprint density at radius 1 is 1.70 bits per heavy atom. The Hall–Kier alpha value is -0.455. The van der Waals surface area contributed by atoms with Crippen molar-refractivity contribution in [2.45, 2.75) is 0 Å². The van der Waals surface area contributed by atoms with E-state index in [-0.39, 0.29) is 33.5 Å². The summed E-state index contributed by atoms with van der Waals surface area (Å²) in [6, 6.07) is 0. The van der Waals surface area contributed by atoms with Crippen LogP contribution in [0, 0.1) is 5.82 Å². The van der Waals surface area contributed by atoms with Crippen LogP contribution >= 0.6 is 0 Å². The number of aromatic nitrogens is 2. The topological polar surface area (TPSA) is 71.8 Å². The third-order valence-corrected chi connectivity index (χ3v) is 0.794. The zero-order valence-corrected chi connectivity index (χ0v) is 10.6. The van der Waals surface area contributed by atoms with Gasteiger partial charge in [0.1, 0.15) is 5.82 Å². The molecule has 50 valence electrons. The molecule has 1 aromatic heterocycles. The minimum atomic E-state index is -0.713. The van der Waals surface area contributed by atoms with Gasteiger partial charge in [-0.15, -0.1) is 0 Å². The SMILES string of the molecule is Nc1[nH]c(=O)ncc1F.[Hg]. The minimum Gasteiger partial charge on any atom is -0.383 e. The van der Waals surface area contributed by atoms with Gasteiger partial charge in [-0.05, 0) is 0 Å². The van der Waals surface area contributed by atoms with Gasteiger partial charge >= 0.3 is 5.69 Å². The van der Waals surface area contributed by atoms with E-state index in [1.807, 2.05) is 4.98 Å². The molecule has 0 atom stereocenters. The molecule has 6 heteroatoms. The second kappa shape index (κ2) is 3.65. The van der Waals surface area contributed by atoms with Crippen molar-refractivity contribution in [3.63, 3.8) is 0 Å². The molecule has 1 rings (SSSR count). The number of anilines is 1. The van der Waals surface area contributed by atoms with Gasteiger partial charge in [0.25, 0.3) is 0 Å². The quantitative estimate of drug-likeness (QED) is 0.630. The number of hydrogen-bond acceptors (Lipinski definition) is 3. The summed E-state index contributed by atoms with van der Waals surface area (Å²) in [6.07, 6.45) is 0.772. The molecule has 0 aromatic carbocycles. The van der Waals surface area contributed by atoms with Crippen LogP contribution in [0.3, 0.4) is 0 Å². The van der Waals surface area contributed by atoms with E-state index < -0.39 is 11.5 Å². The first-order chi connectivity index (χ1) is 4.20. The van der Waals surface area contributed by atoms with Gasteiger partial charge in [0, 0.05) is 27.7 Å². The first kappa shape index (κ1) is 9.55. The average Bonchev–Trinajstić information content (AvgIpc) is 1.80. The fraction of sp³-hybridized carbons (Fsp3) is 0. The molecule has 1 aromatic rings. The normalized spacial score (nSPS) is 8.50. The van der Waals surface area contributed by atoms with Crippen LogP contribution in [-0.2, 0) is 27.7 Å². The molecule has 4 nitrogen and oxygen atoms in total. The van der Waals surface area contributed by atoms with Crippen LogP contribution in [0.1, 0.15) is 0 Å². The van der Waals surface area contributed by atoms with E-state index >= 15 is 0 Å². The number of nitrogens with zero attached hydrogens (tertiary/aromatic N) is 1. The van der Waals surface area contributed by atoms with Crippen molar-refractivity contribution < 1.29 is 32.1 Å². The maximum atomic E-state index is 12.1. The molecule has 3 N–H and O–H groups in total. The predicted octanol–water partition coefficient (Wildman–Crippen LogP) is -0.511. The second-order valence-corrected chi connectivity index (χ2v) is 1.45. The molecular weight excluding hydrogens is 326 g/mol. The summed E-state index contributed by atoms with van der Waals surface area (Å²) in [7, 11) is 0. The van der Waals surface area contributed by atoms with Gasteiger partial charge in [-0.2, -0.15) is 4.98 Å². The largest absolute Gasteiger partial charge is 0.383 e. The molecule has 0 aliphatic carbocycles. The minimum absolute atomic E-state index is 0. The number of nitrogen functional groups attached to an aromatic ring is 1. The zero-order chi connectivity index (χ0) is 6.85. The van der Waals surface area contributed by atoms with Crippen molar-refractivity contribution in [1.29, 1.82) is 0 Å². The number of rotatable bonds is 0. The molecule has 0 spiro atoms. The van der Waals surface area contributed by atoms with Gasteiger partial charge in [0.15, 0.2) is 5.82 Å². The maximum Gasteiger partial charge on any atom is 0.346 e. The number of halogens is 1. The van der Waals surface area contributed by atoms with Crippen molar-refractivity contribution in [2.24, 2.45) is 0 Å². The summed E-state index contributed by atoms with van der Waals surface area (Å²) >= 11 is 0. The zero-order valence-electron chi connectivity index (χ0n) is 5.10. The van der Waals surface area contributed by atoms with E-state index in [1.165, 1.54) is 0 Å². The van der Waals surface area contributed by atoms with Gasteiger partial charge in [-0.25, -0.2) is 9.18 Å². The molecular formula is C4H4FHgN3O. The van der Waals surface area contributed by atoms with Gasteiger partial charge in [-0.1, -0.05) is 0 Å². The molecule has 0 amide bonds. The van der Waals surface area contributed by atoms with Crippen LogP contribution in [0.15, 0.2) is 11.0 Å². The summed E-state index contributed by atoms with van der Waals surface area (Å²) in [5.41, 5.74) is 4.31. The van der Waals surface area contributed by atoms with Crippen LogP contribution in [0.25, 0.3) is 0 Å². The van der Waals surface area contributed by atoms with Crippen LogP contribution in [0.4, 0.5) is 10.2 Å². The molecule has 0 unspecified atom stereocenters. The number of hydrogen-bond donors (Lipinski definition) is 2. The molecule has 0 aliphatic heterocycles. The molecule has 0 bridgehead atoms. The Labute approximate surface area is 76.2 Å². The van der Waals surface area contributed by atoms with E-state index in [4.69, 9.17) is 5.73 Å². The number of aromatic amines is 1. The summed E-state index contributed by atoms with van der Waals surface area (Å²) in [5.74, 6) is -0.996. The van der Waals surface area contributed by atoms with E-state index in [9.17, 15) is 9.18 Å². The fourth-order valence-electron chi connectivity index (χ4n) is 0.392. The summed E-state index contributed by atoms with van der Waals surface area (Å²) in [6.45, 7) is 0. The van der Waals surface area contributed by atoms with Gasteiger partial charge < -0.3 is 5.73 Å². The maximum absolute atomic E-state index is 12.1. The smallest absolute Gasteiger partial charge is 0.346 e. The first-order valence-corrected chi connectivity index (χ1v) is 2.20. The Morgan fingerprint density at radius 3 is 2.70 bits per heavy atom. The van der Waals surface area contributed by atoms with Crippen molar-refractivity contribution in [2.75, 3.05) is 5.73 Å². The average molecular weight is 330 g/mol. The standard InChI is InChI=1S/C4H4FN3O.Hg/c5-2-1-7-4(9)8-3(2)6;/h1H,(H3,6,7,8,9);. The molecule has 0 saturated carbocycles. The van der Waals surface area contributed by atoms with E-state index in [2.05, 4.69) is 4.98 Å². The molecule has 0 fully saturated rings. The Balaban J connectivity index is 0.000000810. The van der Waals surface area contributed by atoms with Crippen LogP contribution < -0.4 is 11.4 Å². The number of nitrogens with one attached hydrogen (secondary N) is 1. The van der Waals surface area contributed by atoms with Gasteiger partial charge in [0.05, 0.1) is 6.20 Å². The van der Waals surface area contributed by atoms with E-state index in [1.54, 1.807) is 0 Å². The Kier molecular flexibility index (Phi) is 3.48. The Bertz CT molecular complexity index is 273. The number of nitrogens with two attached hydrogens (primary N) is 1. The molecule has 1 heterocycles. The molecule has 0 saturated heterocycles. The summed E-state index contributed by atoms with van der Waals surface area (Å²) < 4.78 is 12.1. The van der Waals surface area contributed by atoms with Crippen LogP contribution in [0.5, 0.6) is 0 Å². The third kappa shape index (κ3) is 2.05. The van der Waals surface area contributed by atoms with E-state index in [0.717, 1.165) is 6.20 Å². The summed E-state index contributed by atoms with van der Waals surface area (Å²) in [4.78, 5) is 15.3. The fourth-order valence-corrected chi connectivity index (χ4v) is 0.392.